The number of carbonyl (C=O) groups is 1. The third-order valence-corrected chi connectivity index (χ3v) is 4.67. The summed E-state index contributed by atoms with van der Waals surface area (Å²) < 4.78 is 12.0. The summed E-state index contributed by atoms with van der Waals surface area (Å²) in [6, 6.07) is -0.0321. The van der Waals surface area contributed by atoms with Crippen molar-refractivity contribution in [2.75, 3.05) is 18.4 Å². The van der Waals surface area contributed by atoms with Crippen LogP contribution in [-0.4, -0.2) is 77.2 Å². The van der Waals surface area contributed by atoms with Crippen molar-refractivity contribution >= 4 is 23.1 Å². The van der Waals surface area contributed by atoms with Gasteiger partial charge in [0.1, 0.15) is 24.1 Å². The van der Waals surface area contributed by atoms with E-state index in [4.69, 9.17) is 9.15 Å². The van der Waals surface area contributed by atoms with Gasteiger partial charge in [0.05, 0.1) is 12.9 Å². The van der Waals surface area contributed by atoms with Crippen LogP contribution in [0.3, 0.4) is 0 Å². The quantitative estimate of drug-likeness (QED) is 0.281. The third-order valence-electron chi connectivity index (χ3n) is 4.67. The molecule has 14 nitrogen and oxygen atoms in total. The highest BCUT2D eigenvalue weighted by atomic mass is 16.6. The monoisotopic (exact) mass is 420 g/mol. The number of aliphatic hydroxyl groups is 2. The molecule has 1 amide bonds. The molecular weight excluding hydrogens is 400 g/mol. The standard InChI is InChI=1S/C16H20N8O6/c1-2-8-20-13-10(14(28)21-8)18-5-24(13)15-12(27)11(26)7(30-15)3-17-4-9(25)22-16-23-19-6-29-16/h5-7,11-12,15,17,26-27H,2-4H2,1H3,(H,20,21,28)(H,22,23,25)/t7-,11-,12-,15-/m1/s1. The van der Waals surface area contributed by atoms with E-state index in [1.54, 1.807) is 0 Å². The minimum absolute atomic E-state index is 0.0321. The number of ether oxygens (including phenoxy) is 1. The normalized spacial score (nSPS) is 23.8. The van der Waals surface area contributed by atoms with Gasteiger partial charge in [0.2, 0.25) is 12.3 Å². The average Bonchev–Trinajstić information content (AvgIpc) is 3.44. The molecule has 30 heavy (non-hydrogen) atoms. The van der Waals surface area contributed by atoms with Crippen LogP contribution in [0.2, 0.25) is 0 Å². The number of aromatic amines is 1. The van der Waals surface area contributed by atoms with Crippen LogP contribution in [0.5, 0.6) is 0 Å². The van der Waals surface area contributed by atoms with Gasteiger partial charge in [-0.25, -0.2) is 9.97 Å². The third kappa shape index (κ3) is 3.80. The molecule has 0 bridgehead atoms. The van der Waals surface area contributed by atoms with E-state index in [9.17, 15) is 19.8 Å². The fraction of sp³-hybridized carbons (Fsp3) is 0.500. The van der Waals surface area contributed by atoms with Gasteiger partial charge in [0.15, 0.2) is 17.4 Å². The predicted molar refractivity (Wildman–Crippen MR) is 99.2 cm³/mol. The van der Waals surface area contributed by atoms with Crippen LogP contribution in [0.4, 0.5) is 6.01 Å². The molecule has 0 spiro atoms. The minimum atomic E-state index is -1.28. The van der Waals surface area contributed by atoms with Crippen molar-refractivity contribution in [2.45, 2.75) is 37.9 Å². The topological polar surface area (TPSA) is 193 Å². The summed E-state index contributed by atoms with van der Waals surface area (Å²) in [4.78, 5) is 35.0. The number of amides is 1. The molecule has 3 aromatic heterocycles. The molecule has 3 aromatic rings. The number of carbonyl (C=O) groups excluding carboxylic acids is 1. The molecule has 1 aliphatic heterocycles. The molecule has 160 valence electrons. The lowest BCUT2D eigenvalue weighted by Gasteiger charge is -2.16. The van der Waals surface area contributed by atoms with E-state index >= 15 is 0 Å². The maximum Gasteiger partial charge on any atom is 0.322 e. The Morgan fingerprint density at radius 1 is 1.37 bits per heavy atom. The van der Waals surface area contributed by atoms with E-state index < -0.39 is 36.0 Å². The summed E-state index contributed by atoms with van der Waals surface area (Å²) in [7, 11) is 0. The first kappa shape index (κ1) is 20.1. The number of hydrogen-bond acceptors (Lipinski definition) is 11. The van der Waals surface area contributed by atoms with Crippen LogP contribution >= 0.6 is 0 Å². The minimum Gasteiger partial charge on any atom is -0.411 e. The molecule has 1 saturated heterocycles. The molecule has 5 N–H and O–H groups in total. The van der Waals surface area contributed by atoms with Crippen molar-refractivity contribution in [3.63, 3.8) is 0 Å². The van der Waals surface area contributed by atoms with Gasteiger partial charge >= 0.3 is 6.01 Å². The van der Waals surface area contributed by atoms with Crippen LogP contribution in [0.1, 0.15) is 19.0 Å². The second-order valence-corrected chi connectivity index (χ2v) is 6.66. The first-order chi connectivity index (χ1) is 14.5. The largest absolute Gasteiger partial charge is 0.411 e. The molecule has 0 aliphatic carbocycles. The summed E-state index contributed by atoms with van der Waals surface area (Å²) in [5.41, 5.74) is -0.0368. The van der Waals surface area contributed by atoms with Gasteiger partial charge in [-0.1, -0.05) is 12.0 Å². The van der Waals surface area contributed by atoms with E-state index in [1.165, 1.54) is 10.9 Å². The average molecular weight is 420 g/mol. The summed E-state index contributed by atoms with van der Waals surface area (Å²) in [6.07, 6.45) is -1.40. The van der Waals surface area contributed by atoms with E-state index in [1.807, 2.05) is 6.92 Å². The van der Waals surface area contributed by atoms with Crippen LogP contribution in [0.15, 0.2) is 21.9 Å². The number of aryl methyl sites for hydroxylation is 1. The Bertz CT molecular complexity index is 1080. The van der Waals surface area contributed by atoms with Crippen LogP contribution in [-0.2, 0) is 16.0 Å². The highest BCUT2D eigenvalue weighted by Crippen LogP contribution is 2.30. The van der Waals surface area contributed by atoms with Crippen molar-refractivity contribution in [2.24, 2.45) is 0 Å². The van der Waals surface area contributed by atoms with Crippen LogP contribution < -0.4 is 16.2 Å². The Morgan fingerprint density at radius 2 is 2.20 bits per heavy atom. The smallest absolute Gasteiger partial charge is 0.322 e. The highest BCUT2D eigenvalue weighted by molar-refractivity contribution is 5.90. The summed E-state index contributed by atoms with van der Waals surface area (Å²) in [5.74, 6) is 0.0349. The molecule has 4 rings (SSSR count). The lowest BCUT2D eigenvalue weighted by Crippen LogP contribution is -2.40. The molecular formula is C16H20N8O6. The fourth-order valence-electron chi connectivity index (χ4n) is 3.17. The molecule has 4 atom stereocenters. The Balaban J connectivity index is 1.42. The zero-order valence-corrected chi connectivity index (χ0v) is 15.8. The van der Waals surface area contributed by atoms with Crippen molar-refractivity contribution in [1.82, 2.24) is 35.0 Å². The lowest BCUT2D eigenvalue weighted by atomic mass is 10.1. The Morgan fingerprint density at radius 3 is 2.93 bits per heavy atom. The number of anilines is 1. The summed E-state index contributed by atoms with van der Waals surface area (Å²) in [6.45, 7) is 1.80. The van der Waals surface area contributed by atoms with E-state index in [0.29, 0.717) is 12.2 Å². The first-order valence-corrected chi connectivity index (χ1v) is 9.22. The summed E-state index contributed by atoms with van der Waals surface area (Å²) >= 11 is 0. The molecule has 1 fully saturated rings. The SMILES string of the molecule is CCc1nc2c(ncn2[C@@H]2O[C@H](CNCC(=O)Nc3nnco3)[C@@H](O)[C@H]2O)c(=O)[nH]1. The van der Waals surface area contributed by atoms with Gasteiger partial charge < -0.3 is 29.7 Å². The van der Waals surface area contributed by atoms with Gasteiger partial charge in [-0.3, -0.25) is 19.5 Å². The Labute approximate surface area is 168 Å². The number of aromatic nitrogens is 6. The zero-order valence-electron chi connectivity index (χ0n) is 15.8. The highest BCUT2D eigenvalue weighted by Gasteiger charge is 2.44. The van der Waals surface area contributed by atoms with Crippen molar-refractivity contribution in [3.05, 3.63) is 28.9 Å². The molecule has 0 saturated carbocycles. The first-order valence-electron chi connectivity index (χ1n) is 9.22. The van der Waals surface area contributed by atoms with Crippen LogP contribution in [0.25, 0.3) is 11.2 Å². The molecule has 0 aromatic carbocycles. The van der Waals surface area contributed by atoms with E-state index in [0.717, 1.165) is 6.39 Å². The van der Waals surface area contributed by atoms with Gasteiger partial charge in [0, 0.05) is 13.0 Å². The maximum absolute atomic E-state index is 12.1. The molecule has 0 unspecified atom stereocenters. The number of fused-ring (bicyclic) bond motifs is 1. The van der Waals surface area contributed by atoms with Gasteiger partial charge in [-0.15, -0.1) is 5.10 Å². The Hall–Kier alpha value is -3.20. The molecule has 14 heteroatoms. The van der Waals surface area contributed by atoms with Crippen molar-refractivity contribution < 1.29 is 24.2 Å². The number of imidazole rings is 1. The summed E-state index contributed by atoms with van der Waals surface area (Å²) in [5, 5.41) is 33.0. The van der Waals surface area contributed by atoms with Gasteiger partial charge in [0.25, 0.3) is 5.56 Å². The second kappa shape index (κ2) is 8.27. The number of nitrogens with zero attached hydrogens (tertiary/aromatic N) is 5. The van der Waals surface area contributed by atoms with Gasteiger partial charge in [-0.2, -0.15) is 0 Å². The molecule has 1 aliphatic rings. The number of nitrogens with one attached hydrogen (secondary N) is 3. The molecule has 0 radical (unpaired) electrons. The molecule has 4 heterocycles. The maximum atomic E-state index is 12.1. The number of hydrogen-bond donors (Lipinski definition) is 5. The zero-order chi connectivity index (χ0) is 21.3. The van der Waals surface area contributed by atoms with Crippen molar-refractivity contribution in [3.8, 4) is 0 Å². The van der Waals surface area contributed by atoms with Gasteiger partial charge in [-0.05, 0) is 0 Å². The lowest BCUT2D eigenvalue weighted by molar-refractivity contribution is -0.115. The number of rotatable bonds is 7. The van der Waals surface area contributed by atoms with Crippen molar-refractivity contribution in [1.29, 1.82) is 0 Å². The fourth-order valence-corrected chi connectivity index (χ4v) is 3.17. The number of H-pyrrole nitrogens is 1. The van der Waals surface area contributed by atoms with Crippen LogP contribution in [0, 0.1) is 0 Å². The van der Waals surface area contributed by atoms with E-state index in [-0.39, 0.29) is 30.3 Å². The number of aliphatic hydroxyl groups excluding tert-OH is 2. The second-order valence-electron chi connectivity index (χ2n) is 6.66. The Kier molecular flexibility index (Phi) is 5.54. The van der Waals surface area contributed by atoms with E-state index in [2.05, 4.69) is 35.8 Å². The predicted octanol–water partition coefficient (Wildman–Crippen LogP) is -2.09.